The minimum absolute atomic E-state index is 0.0156. The first-order chi connectivity index (χ1) is 16.5. The Bertz CT molecular complexity index is 1020. The van der Waals surface area contributed by atoms with Crippen LogP contribution in [-0.4, -0.2) is 55.1 Å². The molecule has 1 N–H and O–H groups in total. The first kappa shape index (κ1) is 22.9. The van der Waals surface area contributed by atoms with Gasteiger partial charge >= 0.3 is 0 Å². The van der Waals surface area contributed by atoms with Gasteiger partial charge in [-0.2, -0.15) is 0 Å². The van der Waals surface area contributed by atoms with Gasteiger partial charge in [-0.05, 0) is 53.9 Å². The average Bonchev–Trinajstić information content (AvgIpc) is 3.28. The molecule has 180 valence electrons. The topological polar surface area (TPSA) is 61.9 Å². The van der Waals surface area contributed by atoms with Crippen molar-refractivity contribution in [1.29, 1.82) is 0 Å². The molecule has 2 atom stereocenters. The van der Waals surface area contributed by atoms with Crippen molar-refractivity contribution in [2.45, 2.75) is 51.7 Å². The van der Waals surface area contributed by atoms with Crippen LogP contribution in [0.2, 0.25) is 0 Å². The zero-order chi connectivity index (χ0) is 23.7. The fraction of sp³-hybridized carbons (Fsp3) is 0.500. The SMILES string of the molecule is CC(C)C[C@@H]1C(=O)N[C@H](C2Cc3ccccc3C2)C(=O)N1Cc1ccccc1N1CCOCC1. The molecular weight excluding hydrogens is 426 g/mol. The average molecular weight is 462 g/mol. The lowest BCUT2D eigenvalue weighted by Gasteiger charge is -2.42. The number of morpholine rings is 1. The lowest BCUT2D eigenvalue weighted by Crippen LogP contribution is -2.65. The van der Waals surface area contributed by atoms with E-state index in [1.54, 1.807) is 0 Å². The van der Waals surface area contributed by atoms with E-state index in [4.69, 9.17) is 4.74 Å². The summed E-state index contributed by atoms with van der Waals surface area (Å²) in [5.74, 6) is 0.455. The van der Waals surface area contributed by atoms with Crippen LogP contribution in [-0.2, 0) is 33.7 Å². The summed E-state index contributed by atoms with van der Waals surface area (Å²) < 4.78 is 5.54. The Kier molecular flexibility index (Phi) is 6.59. The highest BCUT2D eigenvalue weighted by atomic mass is 16.5. The lowest BCUT2D eigenvalue weighted by atomic mass is 9.89. The Hall–Kier alpha value is -2.86. The van der Waals surface area contributed by atoms with E-state index in [1.807, 2.05) is 17.0 Å². The molecule has 2 aliphatic heterocycles. The quantitative estimate of drug-likeness (QED) is 0.718. The highest BCUT2D eigenvalue weighted by Gasteiger charge is 2.45. The highest BCUT2D eigenvalue weighted by molar-refractivity contribution is 5.97. The number of nitrogens with zero attached hydrogens (tertiary/aromatic N) is 2. The number of nitrogens with one attached hydrogen (secondary N) is 1. The summed E-state index contributed by atoms with van der Waals surface area (Å²) in [6.45, 7) is 7.76. The maximum atomic E-state index is 14.0. The van der Waals surface area contributed by atoms with Crippen molar-refractivity contribution in [3.63, 3.8) is 0 Å². The molecule has 34 heavy (non-hydrogen) atoms. The molecule has 0 saturated carbocycles. The van der Waals surface area contributed by atoms with E-state index >= 15 is 0 Å². The summed E-state index contributed by atoms with van der Waals surface area (Å²) in [5.41, 5.74) is 4.82. The molecule has 0 spiro atoms. The molecule has 0 radical (unpaired) electrons. The number of carbonyl (C=O) groups is 2. The Morgan fingerprint density at radius 1 is 0.971 bits per heavy atom. The van der Waals surface area contributed by atoms with Gasteiger partial charge in [0, 0.05) is 25.3 Å². The Morgan fingerprint density at radius 3 is 2.29 bits per heavy atom. The van der Waals surface area contributed by atoms with Crippen molar-refractivity contribution in [2.24, 2.45) is 11.8 Å². The normalized spacial score (nSPS) is 23.4. The van der Waals surface area contributed by atoms with E-state index in [9.17, 15) is 9.59 Å². The number of anilines is 1. The van der Waals surface area contributed by atoms with Crippen LogP contribution in [0.3, 0.4) is 0 Å². The van der Waals surface area contributed by atoms with Gasteiger partial charge in [-0.15, -0.1) is 0 Å². The van der Waals surface area contributed by atoms with Crippen molar-refractivity contribution in [3.05, 3.63) is 65.2 Å². The van der Waals surface area contributed by atoms with Crippen LogP contribution in [0.15, 0.2) is 48.5 Å². The minimum atomic E-state index is -0.473. The number of carbonyl (C=O) groups excluding carboxylic acids is 2. The molecular formula is C28H35N3O3. The molecule has 2 aromatic rings. The van der Waals surface area contributed by atoms with Crippen molar-refractivity contribution in [3.8, 4) is 0 Å². The number of rotatable bonds is 6. The van der Waals surface area contributed by atoms with Crippen LogP contribution < -0.4 is 10.2 Å². The van der Waals surface area contributed by atoms with E-state index in [0.717, 1.165) is 37.2 Å². The van der Waals surface area contributed by atoms with Crippen LogP contribution in [0, 0.1) is 11.8 Å². The van der Waals surface area contributed by atoms with Crippen molar-refractivity contribution >= 4 is 17.5 Å². The molecule has 2 aromatic carbocycles. The first-order valence-electron chi connectivity index (χ1n) is 12.6. The van der Waals surface area contributed by atoms with Gasteiger partial charge in [0.15, 0.2) is 0 Å². The zero-order valence-corrected chi connectivity index (χ0v) is 20.2. The van der Waals surface area contributed by atoms with E-state index in [0.29, 0.717) is 32.1 Å². The zero-order valence-electron chi connectivity index (χ0n) is 20.2. The van der Waals surface area contributed by atoms with Gasteiger partial charge in [0.25, 0.3) is 0 Å². The summed E-state index contributed by atoms with van der Waals surface area (Å²) in [4.78, 5) is 31.5. The Balaban J connectivity index is 1.42. The number of amides is 2. The predicted molar refractivity (Wildman–Crippen MR) is 133 cm³/mol. The minimum Gasteiger partial charge on any atom is -0.378 e. The maximum Gasteiger partial charge on any atom is 0.246 e. The lowest BCUT2D eigenvalue weighted by molar-refractivity contribution is -0.152. The fourth-order valence-corrected chi connectivity index (χ4v) is 5.74. The van der Waals surface area contributed by atoms with Crippen LogP contribution >= 0.6 is 0 Å². The second-order valence-corrected chi connectivity index (χ2v) is 10.3. The van der Waals surface area contributed by atoms with Crippen LogP contribution in [0.5, 0.6) is 0 Å². The molecule has 1 aliphatic carbocycles. The molecule has 0 bridgehead atoms. The summed E-state index contributed by atoms with van der Waals surface area (Å²) >= 11 is 0. The van der Waals surface area contributed by atoms with Crippen molar-refractivity contribution in [2.75, 3.05) is 31.2 Å². The molecule has 6 heteroatoms. The van der Waals surface area contributed by atoms with E-state index in [2.05, 4.69) is 60.5 Å². The fourth-order valence-electron chi connectivity index (χ4n) is 5.74. The first-order valence-corrected chi connectivity index (χ1v) is 12.6. The predicted octanol–water partition coefficient (Wildman–Crippen LogP) is 3.18. The number of piperazine rings is 1. The molecule has 0 aromatic heterocycles. The molecule has 2 saturated heterocycles. The third-order valence-electron chi connectivity index (χ3n) is 7.46. The molecule has 3 aliphatic rings. The Labute approximate surface area is 202 Å². The monoisotopic (exact) mass is 461 g/mol. The van der Waals surface area contributed by atoms with Gasteiger partial charge in [0.05, 0.1) is 13.2 Å². The summed E-state index contributed by atoms with van der Waals surface area (Å²) in [5, 5.41) is 3.14. The number of fused-ring (bicyclic) bond motifs is 1. The molecule has 2 heterocycles. The number of hydrogen-bond donors (Lipinski definition) is 1. The van der Waals surface area contributed by atoms with E-state index < -0.39 is 12.1 Å². The Morgan fingerprint density at radius 2 is 1.62 bits per heavy atom. The second kappa shape index (κ2) is 9.79. The van der Waals surface area contributed by atoms with Crippen molar-refractivity contribution < 1.29 is 14.3 Å². The third kappa shape index (κ3) is 4.56. The molecule has 2 fully saturated rings. The van der Waals surface area contributed by atoms with Crippen LogP contribution in [0.1, 0.15) is 37.0 Å². The van der Waals surface area contributed by atoms with Crippen LogP contribution in [0.25, 0.3) is 0 Å². The maximum absolute atomic E-state index is 14.0. The molecule has 6 nitrogen and oxygen atoms in total. The summed E-state index contributed by atoms with van der Waals surface area (Å²) in [6.07, 6.45) is 2.33. The molecule has 2 amide bonds. The molecule has 5 rings (SSSR count). The van der Waals surface area contributed by atoms with Gasteiger partial charge in [0.1, 0.15) is 12.1 Å². The third-order valence-corrected chi connectivity index (χ3v) is 7.46. The number of hydrogen-bond acceptors (Lipinski definition) is 4. The van der Waals surface area contributed by atoms with Gasteiger partial charge in [-0.3, -0.25) is 9.59 Å². The standard InChI is InChI=1S/C28H35N3O3/c1-19(2)15-25-27(32)29-26(23-16-20-7-3-4-8-21(20)17-23)28(33)31(25)18-22-9-5-6-10-24(22)30-11-13-34-14-12-30/h3-10,19,23,25-26H,11-18H2,1-2H3,(H,29,32)/t25-,26-/m1/s1. The number of para-hydroxylation sites is 1. The summed E-state index contributed by atoms with van der Waals surface area (Å²) in [7, 11) is 0. The van der Waals surface area contributed by atoms with Gasteiger partial charge in [-0.25, -0.2) is 0 Å². The van der Waals surface area contributed by atoms with Gasteiger partial charge < -0.3 is 19.9 Å². The van der Waals surface area contributed by atoms with Crippen molar-refractivity contribution in [1.82, 2.24) is 10.2 Å². The largest absolute Gasteiger partial charge is 0.378 e. The smallest absolute Gasteiger partial charge is 0.246 e. The van der Waals surface area contributed by atoms with Gasteiger partial charge in [-0.1, -0.05) is 56.3 Å². The second-order valence-electron chi connectivity index (χ2n) is 10.3. The number of ether oxygens (including phenoxy) is 1. The van der Waals surface area contributed by atoms with E-state index in [-0.39, 0.29) is 17.7 Å². The van der Waals surface area contributed by atoms with Gasteiger partial charge in [0.2, 0.25) is 11.8 Å². The van der Waals surface area contributed by atoms with Crippen LogP contribution in [0.4, 0.5) is 5.69 Å². The highest BCUT2D eigenvalue weighted by Crippen LogP contribution is 2.33. The summed E-state index contributed by atoms with van der Waals surface area (Å²) in [6, 6.07) is 15.8. The molecule has 0 unspecified atom stereocenters. The van der Waals surface area contributed by atoms with E-state index in [1.165, 1.54) is 11.1 Å². The number of benzene rings is 2.